The maximum Gasteiger partial charge on any atom is 0.338 e. The maximum absolute atomic E-state index is 13.7. The van der Waals surface area contributed by atoms with Crippen molar-refractivity contribution < 1.29 is 25.8 Å². The van der Waals surface area contributed by atoms with Crippen molar-refractivity contribution in [2.75, 3.05) is 0 Å². The van der Waals surface area contributed by atoms with Gasteiger partial charge in [-0.15, -0.1) is 0 Å². The van der Waals surface area contributed by atoms with Crippen LogP contribution < -0.4 is 0 Å². The number of carbonyl (C=O) groups is 1. The predicted octanol–water partition coefficient (Wildman–Crippen LogP) is 5.52. The Balaban J connectivity index is 1.65. The smallest absolute Gasteiger partial charge is 0.338 e. The lowest BCUT2D eigenvalue weighted by atomic mass is 9.99. The summed E-state index contributed by atoms with van der Waals surface area (Å²) in [5, 5.41) is 0. The molecule has 0 aliphatic carbocycles. The van der Waals surface area contributed by atoms with Crippen molar-refractivity contribution in [3.05, 3.63) is 126 Å². The van der Waals surface area contributed by atoms with Crippen LogP contribution in [0.3, 0.4) is 0 Å². The van der Waals surface area contributed by atoms with Crippen molar-refractivity contribution in [3.63, 3.8) is 0 Å². The van der Waals surface area contributed by atoms with Crippen molar-refractivity contribution in [1.29, 1.82) is 0 Å². The second kappa shape index (κ2) is 9.59. The van der Waals surface area contributed by atoms with E-state index in [-0.39, 0.29) is 26.6 Å². The standard InChI is InChI=1S/C29H23NO6S2/c1-20-8-13-24(14-9-20)37(32,33)30-28(19-36-38(34,35)25-15-10-21(2)11-16-25)27-18-23(12-17-26(27)29(30)31)22-6-4-3-5-7-22/h3-19H,1-2H3/b28-19-. The molecule has 9 heteroatoms. The van der Waals surface area contributed by atoms with Gasteiger partial charge in [-0.05, 0) is 61.4 Å². The van der Waals surface area contributed by atoms with Gasteiger partial charge in [-0.25, -0.2) is 8.42 Å². The topological polar surface area (TPSA) is 97.8 Å². The summed E-state index contributed by atoms with van der Waals surface area (Å²) in [5.74, 6) is -0.803. The quantitative estimate of drug-likeness (QED) is 0.234. The minimum Gasteiger partial charge on any atom is -0.385 e. The highest BCUT2D eigenvalue weighted by molar-refractivity contribution is 7.90. The number of nitrogens with zero attached hydrogens (tertiary/aromatic N) is 1. The van der Waals surface area contributed by atoms with Crippen molar-refractivity contribution in [3.8, 4) is 11.1 Å². The van der Waals surface area contributed by atoms with Crippen molar-refractivity contribution >= 4 is 31.7 Å². The molecular formula is C29H23NO6S2. The zero-order chi connectivity index (χ0) is 27.1. The number of fused-ring (bicyclic) bond motifs is 1. The van der Waals surface area contributed by atoms with Gasteiger partial charge in [0.15, 0.2) is 0 Å². The Morgan fingerprint density at radius 2 is 1.24 bits per heavy atom. The van der Waals surface area contributed by atoms with E-state index in [1.54, 1.807) is 36.4 Å². The molecule has 0 saturated heterocycles. The van der Waals surface area contributed by atoms with Crippen LogP contribution in [0.4, 0.5) is 0 Å². The van der Waals surface area contributed by atoms with Crippen LogP contribution in [0.1, 0.15) is 27.0 Å². The number of rotatable bonds is 6. The normalized spacial score (nSPS) is 14.5. The summed E-state index contributed by atoms with van der Waals surface area (Å²) in [6.07, 6.45) is 0.819. The molecule has 192 valence electrons. The van der Waals surface area contributed by atoms with Gasteiger partial charge in [-0.2, -0.15) is 12.7 Å². The highest BCUT2D eigenvalue weighted by Gasteiger charge is 2.42. The van der Waals surface area contributed by atoms with Gasteiger partial charge in [-0.1, -0.05) is 71.8 Å². The minimum atomic E-state index is -4.40. The Morgan fingerprint density at radius 3 is 1.84 bits per heavy atom. The van der Waals surface area contributed by atoms with Gasteiger partial charge >= 0.3 is 10.1 Å². The fourth-order valence-corrected chi connectivity index (χ4v) is 6.32. The molecule has 38 heavy (non-hydrogen) atoms. The van der Waals surface area contributed by atoms with Gasteiger partial charge in [0.2, 0.25) is 0 Å². The van der Waals surface area contributed by atoms with Gasteiger partial charge in [0.1, 0.15) is 16.9 Å². The molecular weight excluding hydrogens is 522 g/mol. The van der Waals surface area contributed by atoms with Crippen LogP contribution >= 0.6 is 0 Å². The van der Waals surface area contributed by atoms with Gasteiger partial charge in [0.05, 0.1) is 10.5 Å². The molecule has 1 amide bonds. The third kappa shape index (κ3) is 4.62. The number of aryl methyl sites for hydroxylation is 2. The van der Waals surface area contributed by atoms with E-state index >= 15 is 0 Å². The number of benzene rings is 4. The second-order valence-electron chi connectivity index (χ2n) is 8.88. The second-order valence-corrected chi connectivity index (χ2v) is 12.2. The molecule has 5 rings (SSSR count). The zero-order valence-electron chi connectivity index (χ0n) is 20.5. The summed E-state index contributed by atoms with van der Waals surface area (Å²) in [5.41, 5.74) is 3.43. The summed E-state index contributed by atoms with van der Waals surface area (Å²) >= 11 is 0. The Labute approximate surface area is 221 Å². The van der Waals surface area contributed by atoms with Crippen molar-refractivity contribution in [2.45, 2.75) is 23.6 Å². The van der Waals surface area contributed by atoms with E-state index in [1.165, 1.54) is 30.3 Å². The molecule has 0 N–H and O–H groups in total. The van der Waals surface area contributed by atoms with Crippen molar-refractivity contribution in [1.82, 2.24) is 4.31 Å². The molecule has 0 spiro atoms. The third-order valence-corrected chi connectivity index (χ3v) is 9.10. The molecule has 1 aliphatic heterocycles. The lowest BCUT2D eigenvalue weighted by molar-refractivity contribution is 0.0916. The molecule has 0 radical (unpaired) electrons. The number of amides is 1. The Kier molecular flexibility index (Phi) is 6.42. The van der Waals surface area contributed by atoms with Crippen molar-refractivity contribution in [2.24, 2.45) is 0 Å². The Morgan fingerprint density at radius 1 is 0.658 bits per heavy atom. The molecule has 1 aliphatic rings. The Hall–Kier alpha value is -4.21. The van der Waals surface area contributed by atoms with E-state index in [1.807, 2.05) is 44.2 Å². The molecule has 0 saturated carbocycles. The van der Waals surface area contributed by atoms with Crippen LogP contribution in [0.2, 0.25) is 0 Å². The van der Waals surface area contributed by atoms with E-state index in [0.29, 0.717) is 4.31 Å². The first-order chi connectivity index (χ1) is 18.1. The Bertz CT molecular complexity index is 1780. The largest absolute Gasteiger partial charge is 0.385 e. The fraction of sp³-hybridized carbons (Fsp3) is 0.0690. The molecule has 1 heterocycles. The first kappa shape index (κ1) is 25.4. The number of sulfonamides is 1. The first-order valence-corrected chi connectivity index (χ1v) is 14.5. The summed E-state index contributed by atoms with van der Waals surface area (Å²) in [6, 6.07) is 26.3. The SMILES string of the molecule is Cc1ccc(S(=O)(=O)O/C=C2/c3cc(-c4ccccc4)ccc3C(=O)N2S(=O)(=O)c2ccc(C)cc2)cc1. The van der Waals surface area contributed by atoms with Gasteiger partial charge < -0.3 is 4.18 Å². The van der Waals surface area contributed by atoms with Crippen LogP contribution in [-0.4, -0.2) is 27.0 Å². The van der Waals surface area contributed by atoms with E-state index < -0.39 is 26.0 Å². The summed E-state index contributed by atoms with van der Waals surface area (Å²) in [7, 11) is -8.69. The monoisotopic (exact) mass is 545 g/mol. The molecule has 0 fully saturated rings. The number of hydrogen-bond donors (Lipinski definition) is 0. The minimum absolute atomic E-state index is 0.101. The number of carbonyl (C=O) groups excluding carboxylic acids is 1. The molecule has 4 aromatic carbocycles. The van der Waals surface area contributed by atoms with Crippen LogP contribution in [0.15, 0.2) is 113 Å². The van der Waals surface area contributed by atoms with Crippen LogP contribution in [0.5, 0.6) is 0 Å². The van der Waals surface area contributed by atoms with E-state index in [2.05, 4.69) is 0 Å². The fourth-order valence-electron chi connectivity index (χ4n) is 4.12. The zero-order valence-corrected chi connectivity index (χ0v) is 22.2. The van der Waals surface area contributed by atoms with Gasteiger partial charge in [-0.3, -0.25) is 4.79 Å². The van der Waals surface area contributed by atoms with Gasteiger partial charge in [0, 0.05) is 5.56 Å². The highest BCUT2D eigenvalue weighted by atomic mass is 32.2. The molecule has 0 unspecified atom stereocenters. The maximum atomic E-state index is 13.7. The predicted molar refractivity (Wildman–Crippen MR) is 144 cm³/mol. The molecule has 0 atom stereocenters. The van der Waals surface area contributed by atoms with E-state index in [4.69, 9.17) is 4.18 Å². The van der Waals surface area contributed by atoms with Crippen LogP contribution in [-0.2, 0) is 24.3 Å². The lowest BCUT2D eigenvalue weighted by Crippen LogP contribution is -2.31. The molecule has 4 aromatic rings. The summed E-state index contributed by atoms with van der Waals surface area (Å²) in [6.45, 7) is 3.63. The summed E-state index contributed by atoms with van der Waals surface area (Å²) < 4.78 is 59.0. The molecule has 0 bridgehead atoms. The average Bonchev–Trinajstić information content (AvgIpc) is 3.20. The average molecular weight is 546 g/mol. The highest BCUT2D eigenvalue weighted by Crippen LogP contribution is 2.39. The van der Waals surface area contributed by atoms with Crippen LogP contribution in [0, 0.1) is 13.8 Å². The van der Waals surface area contributed by atoms with E-state index in [9.17, 15) is 21.6 Å². The van der Waals surface area contributed by atoms with E-state index in [0.717, 1.165) is 28.5 Å². The summed E-state index contributed by atoms with van der Waals surface area (Å²) in [4.78, 5) is 13.3. The first-order valence-electron chi connectivity index (χ1n) is 11.6. The molecule has 7 nitrogen and oxygen atoms in total. The van der Waals surface area contributed by atoms with Gasteiger partial charge in [0.25, 0.3) is 15.9 Å². The lowest BCUT2D eigenvalue weighted by Gasteiger charge is -2.18. The third-order valence-electron chi connectivity index (χ3n) is 6.19. The molecule has 0 aromatic heterocycles. The number of hydrogen-bond acceptors (Lipinski definition) is 6. The van der Waals surface area contributed by atoms with Crippen LogP contribution in [0.25, 0.3) is 16.8 Å².